The van der Waals surface area contributed by atoms with Crippen molar-refractivity contribution in [2.75, 3.05) is 13.7 Å². The Balaban J connectivity index is 2.04. The Hall–Kier alpha value is -0.500. The second-order valence-electron chi connectivity index (χ2n) is 5.64. The van der Waals surface area contributed by atoms with Crippen molar-refractivity contribution in [1.82, 2.24) is 5.32 Å². The van der Waals surface area contributed by atoms with Gasteiger partial charge in [0.1, 0.15) is 6.61 Å². The highest BCUT2D eigenvalue weighted by Crippen LogP contribution is 2.50. The summed E-state index contributed by atoms with van der Waals surface area (Å²) < 4.78 is 5.66. The lowest BCUT2D eigenvalue weighted by molar-refractivity contribution is -0.0272. The predicted octanol–water partition coefficient (Wildman–Crippen LogP) is 2.95. The zero-order valence-electron chi connectivity index (χ0n) is 10.8. The lowest BCUT2D eigenvalue weighted by Gasteiger charge is -2.54. The molecule has 2 nitrogen and oxygen atoms in total. The van der Waals surface area contributed by atoms with Crippen molar-refractivity contribution in [3.63, 3.8) is 0 Å². The van der Waals surface area contributed by atoms with E-state index >= 15 is 0 Å². The molecule has 3 saturated carbocycles. The van der Waals surface area contributed by atoms with Crippen LogP contribution in [0.3, 0.4) is 0 Å². The highest BCUT2D eigenvalue weighted by molar-refractivity contribution is 5.04. The smallest absolute Gasteiger partial charge is 0.106 e. The van der Waals surface area contributed by atoms with E-state index < -0.39 is 0 Å². The molecule has 3 fully saturated rings. The molecule has 3 aliphatic rings. The van der Waals surface area contributed by atoms with Crippen LogP contribution in [0.25, 0.3) is 0 Å². The normalized spacial score (nSPS) is 42.8. The lowest BCUT2D eigenvalue weighted by atomic mass is 9.57. The van der Waals surface area contributed by atoms with Crippen LogP contribution in [0.2, 0.25) is 0 Å². The van der Waals surface area contributed by atoms with Crippen LogP contribution in [0.15, 0.2) is 12.3 Å². The van der Waals surface area contributed by atoms with Crippen LogP contribution in [0.5, 0.6) is 0 Å². The fourth-order valence-corrected chi connectivity index (χ4v) is 3.75. The Bertz CT molecular complexity index is 263. The molecule has 0 saturated heterocycles. The minimum Gasteiger partial charge on any atom is -0.500 e. The lowest BCUT2D eigenvalue weighted by Crippen LogP contribution is -2.60. The number of ether oxygens (including phenoxy) is 1. The van der Waals surface area contributed by atoms with Crippen LogP contribution in [-0.2, 0) is 4.74 Å². The van der Waals surface area contributed by atoms with Gasteiger partial charge in [0.25, 0.3) is 0 Å². The van der Waals surface area contributed by atoms with Gasteiger partial charge in [0.2, 0.25) is 0 Å². The molecule has 0 radical (unpaired) electrons. The fraction of sp³-hybridized carbons (Fsp3) is 0.857. The van der Waals surface area contributed by atoms with Gasteiger partial charge < -0.3 is 10.1 Å². The number of allylic oxidation sites excluding steroid dienone is 1. The standard InChI is InChI=1S/C14H25NO/c1-4-7-16-10-14(15-3)9-12-5-6-13(14)8-11(12)2/h4,7,11-13,15H,5-6,8-10H2,1-3H3/b7-4-. The van der Waals surface area contributed by atoms with Gasteiger partial charge in [0.05, 0.1) is 11.8 Å². The van der Waals surface area contributed by atoms with Gasteiger partial charge in [-0.2, -0.15) is 0 Å². The average molecular weight is 223 g/mol. The molecular weight excluding hydrogens is 198 g/mol. The van der Waals surface area contributed by atoms with Gasteiger partial charge in [-0.25, -0.2) is 0 Å². The summed E-state index contributed by atoms with van der Waals surface area (Å²) in [5, 5.41) is 3.57. The van der Waals surface area contributed by atoms with Crippen molar-refractivity contribution in [3.8, 4) is 0 Å². The number of hydrogen-bond donors (Lipinski definition) is 1. The first-order valence-electron chi connectivity index (χ1n) is 6.63. The van der Waals surface area contributed by atoms with Crippen LogP contribution >= 0.6 is 0 Å². The zero-order valence-corrected chi connectivity index (χ0v) is 10.8. The van der Waals surface area contributed by atoms with E-state index in [1.54, 1.807) is 0 Å². The van der Waals surface area contributed by atoms with Gasteiger partial charge in [-0.15, -0.1) is 0 Å². The maximum Gasteiger partial charge on any atom is 0.106 e. The highest BCUT2D eigenvalue weighted by atomic mass is 16.5. The van der Waals surface area contributed by atoms with Crippen LogP contribution < -0.4 is 5.32 Å². The summed E-state index contributed by atoms with van der Waals surface area (Å²) in [7, 11) is 2.10. The molecule has 3 rings (SSSR count). The van der Waals surface area contributed by atoms with E-state index in [4.69, 9.17) is 4.74 Å². The summed E-state index contributed by atoms with van der Waals surface area (Å²) in [6, 6.07) is 0. The molecule has 2 bridgehead atoms. The number of fused-ring (bicyclic) bond motifs is 3. The van der Waals surface area contributed by atoms with E-state index in [2.05, 4.69) is 19.3 Å². The van der Waals surface area contributed by atoms with E-state index in [0.717, 1.165) is 24.4 Å². The second-order valence-corrected chi connectivity index (χ2v) is 5.64. The van der Waals surface area contributed by atoms with Crippen molar-refractivity contribution < 1.29 is 4.74 Å². The Labute approximate surface area is 99.4 Å². The third-order valence-electron chi connectivity index (χ3n) is 4.83. The van der Waals surface area contributed by atoms with Crippen LogP contribution in [0.4, 0.5) is 0 Å². The first kappa shape index (κ1) is 12.0. The third kappa shape index (κ3) is 2.00. The Morgan fingerprint density at radius 1 is 1.44 bits per heavy atom. The zero-order chi connectivity index (χ0) is 11.6. The van der Waals surface area contributed by atoms with Crippen LogP contribution in [0.1, 0.15) is 39.5 Å². The second kappa shape index (κ2) is 4.79. The summed E-state index contributed by atoms with van der Waals surface area (Å²) in [6.45, 7) is 5.26. The largest absolute Gasteiger partial charge is 0.500 e. The molecule has 0 heterocycles. The first-order valence-corrected chi connectivity index (χ1v) is 6.63. The molecule has 4 atom stereocenters. The molecule has 0 aliphatic heterocycles. The van der Waals surface area contributed by atoms with Gasteiger partial charge >= 0.3 is 0 Å². The molecule has 16 heavy (non-hydrogen) atoms. The number of likely N-dealkylation sites (N-methyl/N-ethyl adjacent to an activating group) is 1. The average Bonchev–Trinajstić information content (AvgIpc) is 2.31. The molecule has 3 aliphatic carbocycles. The fourth-order valence-electron chi connectivity index (χ4n) is 3.75. The molecule has 0 aromatic rings. The van der Waals surface area contributed by atoms with E-state index in [9.17, 15) is 0 Å². The quantitative estimate of drug-likeness (QED) is 0.740. The Morgan fingerprint density at radius 2 is 2.25 bits per heavy atom. The maximum absolute atomic E-state index is 5.66. The highest BCUT2D eigenvalue weighted by Gasteiger charge is 2.49. The summed E-state index contributed by atoms with van der Waals surface area (Å²) in [5.41, 5.74) is 0.245. The third-order valence-corrected chi connectivity index (χ3v) is 4.83. The summed E-state index contributed by atoms with van der Waals surface area (Å²) >= 11 is 0. The van der Waals surface area contributed by atoms with Gasteiger partial charge in [0.15, 0.2) is 0 Å². The SMILES string of the molecule is C/C=C\OCC1(NC)CC2CCC1CC2C. The first-order chi connectivity index (χ1) is 7.72. The summed E-state index contributed by atoms with van der Waals surface area (Å²) in [4.78, 5) is 0. The van der Waals surface area contributed by atoms with Gasteiger partial charge in [-0.3, -0.25) is 0 Å². The van der Waals surface area contributed by atoms with Crippen molar-refractivity contribution in [2.45, 2.75) is 45.1 Å². The molecular formula is C14H25NO. The molecule has 0 aromatic carbocycles. The van der Waals surface area contributed by atoms with Gasteiger partial charge in [-0.05, 0) is 57.4 Å². The van der Waals surface area contributed by atoms with Crippen LogP contribution in [0, 0.1) is 17.8 Å². The maximum atomic E-state index is 5.66. The van der Waals surface area contributed by atoms with Gasteiger partial charge in [-0.1, -0.05) is 13.0 Å². The van der Waals surface area contributed by atoms with E-state index in [0.29, 0.717) is 0 Å². The topological polar surface area (TPSA) is 21.3 Å². The number of rotatable bonds is 4. The van der Waals surface area contributed by atoms with Crippen molar-refractivity contribution in [2.24, 2.45) is 17.8 Å². The van der Waals surface area contributed by atoms with E-state index in [1.165, 1.54) is 25.7 Å². The molecule has 0 amide bonds. The minimum absolute atomic E-state index is 0.245. The Kier molecular flexibility index (Phi) is 3.58. The molecule has 0 aromatic heterocycles. The summed E-state index contributed by atoms with van der Waals surface area (Å²) in [5.74, 6) is 2.64. The molecule has 2 heteroatoms. The number of nitrogens with one attached hydrogen (secondary N) is 1. The van der Waals surface area contributed by atoms with Crippen molar-refractivity contribution in [1.29, 1.82) is 0 Å². The van der Waals surface area contributed by atoms with E-state index in [1.807, 2.05) is 19.3 Å². The molecule has 92 valence electrons. The predicted molar refractivity (Wildman–Crippen MR) is 67.2 cm³/mol. The number of hydrogen-bond acceptors (Lipinski definition) is 2. The van der Waals surface area contributed by atoms with Gasteiger partial charge in [0, 0.05) is 0 Å². The van der Waals surface area contributed by atoms with Crippen LogP contribution in [-0.4, -0.2) is 19.2 Å². The van der Waals surface area contributed by atoms with Crippen molar-refractivity contribution in [3.05, 3.63) is 12.3 Å². The molecule has 4 unspecified atom stereocenters. The van der Waals surface area contributed by atoms with Crippen molar-refractivity contribution >= 4 is 0 Å². The molecule has 1 N–H and O–H groups in total. The Morgan fingerprint density at radius 3 is 2.75 bits per heavy atom. The van der Waals surface area contributed by atoms with E-state index in [-0.39, 0.29) is 5.54 Å². The minimum atomic E-state index is 0.245. The molecule has 0 spiro atoms. The monoisotopic (exact) mass is 223 g/mol. The summed E-state index contributed by atoms with van der Waals surface area (Å²) in [6.07, 6.45) is 9.28.